The van der Waals surface area contributed by atoms with Gasteiger partial charge in [0.2, 0.25) is 5.56 Å². The van der Waals surface area contributed by atoms with E-state index >= 15 is 0 Å². The molecule has 1 aliphatic rings. The lowest BCUT2D eigenvalue weighted by Gasteiger charge is -2.32. The number of hydrogen-bond acceptors (Lipinski definition) is 2. The van der Waals surface area contributed by atoms with E-state index in [4.69, 9.17) is 0 Å². The first kappa shape index (κ1) is 18.6. The minimum absolute atomic E-state index is 0.0823. The molecule has 2 aromatic rings. The van der Waals surface area contributed by atoms with Gasteiger partial charge in [0.15, 0.2) is 0 Å². The number of nitrogens with zero attached hydrogens (tertiary/aromatic N) is 1. The minimum Gasteiger partial charge on any atom is -0.329 e. The molecule has 140 valence electrons. The number of hydrogen-bond donors (Lipinski definition) is 1. The Morgan fingerprint density at radius 1 is 1.12 bits per heavy atom. The molecule has 0 saturated carbocycles. The summed E-state index contributed by atoms with van der Waals surface area (Å²) in [5.41, 5.74) is 0.194. The van der Waals surface area contributed by atoms with Crippen LogP contribution in [0.4, 0.5) is 17.6 Å². The molecule has 0 aliphatic carbocycles. The highest BCUT2D eigenvalue weighted by molar-refractivity contribution is 5.27. The van der Waals surface area contributed by atoms with Gasteiger partial charge in [0.25, 0.3) is 0 Å². The normalized spacial score (nSPS) is 16.8. The van der Waals surface area contributed by atoms with Crippen LogP contribution in [0.25, 0.3) is 0 Å². The second-order valence-electron chi connectivity index (χ2n) is 6.79. The van der Waals surface area contributed by atoms with E-state index in [2.05, 4.69) is 4.98 Å². The van der Waals surface area contributed by atoms with Crippen LogP contribution in [0.3, 0.4) is 0 Å². The molecule has 3 rings (SSSR count). The molecule has 1 fully saturated rings. The Bertz CT molecular complexity index is 787. The Kier molecular flexibility index (Phi) is 5.46. The second-order valence-corrected chi connectivity index (χ2v) is 6.79. The van der Waals surface area contributed by atoms with Crippen molar-refractivity contribution in [2.75, 3.05) is 13.1 Å². The van der Waals surface area contributed by atoms with Crippen molar-refractivity contribution in [2.24, 2.45) is 5.92 Å². The molecule has 1 aromatic heterocycles. The third-order valence-corrected chi connectivity index (χ3v) is 4.85. The van der Waals surface area contributed by atoms with E-state index in [1.54, 1.807) is 6.20 Å². The Morgan fingerprint density at radius 3 is 2.46 bits per heavy atom. The Labute approximate surface area is 148 Å². The summed E-state index contributed by atoms with van der Waals surface area (Å²) in [7, 11) is 0. The maximum atomic E-state index is 13.9. The summed E-state index contributed by atoms with van der Waals surface area (Å²) in [6.45, 7) is 1.61. The SMILES string of the molecule is O=c1ccc(CC2CCN(Cc3cc(C(F)(F)F)ccc3F)CC2)c[nH]1. The second kappa shape index (κ2) is 7.61. The number of rotatable bonds is 4. The summed E-state index contributed by atoms with van der Waals surface area (Å²) in [6.07, 6.45) is -0.124. The zero-order valence-corrected chi connectivity index (χ0v) is 14.2. The monoisotopic (exact) mass is 368 g/mol. The topological polar surface area (TPSA) is 36.1 Å². The van der Waals surface area contributed by atoms with Crippen molar-refractivity contribution in [3.8, 4) is 0 Å². The zero-order valence-electron chi connectivity index (χ0n) is 14.2. The molecule has 26 heavy (non-hydrogen) atoms. The van der Waals surface area contributed by atoms with Crippen molar-refractivity contribution in [3.05, 3.63) is 69.4 Å². The van der Waals surface area contributed by atoms with Gasteiger partial charge in [-0.05, 0) is 62.0 Å². The lowest BCUT2D eigenvalue weighted by Crippen LogP contribution is -2.34. The predicted octanol–water partition coefficient (Wildman–Crippen LogP) is 3.99. The Hall–Kier alpha value is -2.15. The predicted molar refractivity (Wildman–Crippen MR) is 90.2 cm³/mol. The lowest BCUT2D eigenvalue weighted by molar-refractivity contribution is -0.137. The highest BCUT2D eigenvalue weighted by Gasteiger charge is 2.31. The molecule has 0 spiro atoms. The van der Waals surface area contributed by atoms with Crippen molar-refractivity contribution in [3.63, 3.8) is 0 Å². The first-order chi connectivity index (χ1) is 12.3. The number of aromatic amines is 1. The largest absolute Gasteiger partial charge is 0.416 e. The van der Waals surface area contributed by atoms with Gasteiger partial charge in [-0.2, -0.15) is 13.2 Å². The van der Waals surface area contributed by atoms with E-state index in [9.17, 15) is 22.4 Å². The summed E-state index contributed by atoms with van der Waals surface area (Å²) in [5.74, 6) is -0.156. The molecule has 7 heteroatoms. The first-order valence-electron chi connectivity index (χ1n) is 8.57. The van der Waals surface area contributed by atoms with Crippen molar-refractivity contribution in [1.29, 1.82) is 0 Å². The van der Waals surface area contributed by atoms with E-state index in [1.165, 1.54) is 6.07 Å². The smallest absolute Gasteiger partial charge is 0.329 e. The van der Waals surface area contributed by atoms with Gasteiger partial charge in [0, 0.05) is 24.4 Å². The van der Waals surface area contributed by atoms with Crippen molar-refractivity contribution < 1.29 is 17.6 Å². The molecule has 2 heterocycles. The van der Waals surface area contributed by atoms with E-state index in [0.29, 0.717) is 19.0 Å². The van der Waals surface area contributed by atoms with Gasteiger partial charge < -0.3 is 4.98 Å². The summed E-state index contributed by atoms with van der Waals surface area (Å²) in [4.78, 5) is 15.7. The molecule has 0 unspecified atom stereocenters. The van der Waals surface area contributed by atoms with Gasteiger partial charge in [-0.25, -0.2) is 4.39 Å². The highest BCUT2D eigenvalue weighted by atomic mass is 19.4. The van der Waals surface area contributed by atoms with E-state index in [-0.39, 0.29) is 17.7 Å². The van der Waals surface area contributed by atoms with Crippen LogP contribution in [-0.2, 0) is 19.1 Å². The van der Waals surface area contributed by atoms with Crippen molar-refractivity contribution in [2.45, 2.75) is 32.0 Å². The molecule has 0 radical (unpaired) electrons. The number of pyridine rings is 1. The van der Waals surface area contributed by atoms with E-state index < -0.39 is 17.6 Å². The van der Waals surface area contributed by atoms with Crippen LogP contribution in [0, 0.1) is 11.7 Å². The van der Waals surface area contributed by atoms with Crippen LogP contribution in [0.15, 0.2) is 41.3 Å². The molecule has 1 saturated heterocycles. The summed E-state index contributed by atoms with van der Waals surface area (Å²) >= 11 is 0. The average Bonchev–Trinajstić information content (AvgIpc) is 2.59. The number of halogens is 4. The number of nitrogens with one attached hydrogen (secondary N) is 1. The third kappa shape index (κ3) is 4.72. The number of piperidine rings is 1. The van der Waals surface area contributed by atoms with Crippen molar-refractivity contribution >= 4 is 0 Å². The molecule has 0 atom stereocenters. The van der Waals surface area contributed by atoms with E-state index in [1.807, 2.05) is 11.0 Å². The van der Waals surface area contributed by atoms with Crippen LogP contribution in [0.1, 0.15) is 29.5 Å². The number of alkyl halides is 3. The fourth-order valence-corrected chi connectivity index (χ4v) is 3.36. The summed E-state index contributed by atoms with van der Waals surface area (Å²) in [6, 6.07) is 5.88. The van der Waals surface area contributed by atoms with Crippen LogP contribution in [0.5, 0.6) is 0 Å². The van der Waals surface area contributed by atoms with Crippen LogP contribution in [0.2, 0.25) is 0 Å². The fraction of sp³-hybridized carbons (Fsp3) is 0.421. The van der Waals surface area contributed by atoms with Crippen molar-refractivity contribution in [1.82, 2.24) is 9.88 Å². The zero-order chi connectivity index (χ0) is 18.7. The lowest BCUT2D eigenvalue weighted by atomic mass is 9.90. The highest BCUT2D eigenvalue weighted by Crippen LogP contribution is 2.31. The van der Waals surface area contributed by atoms with Crippen LogP contribution in [-0.4, -0.2) is 23.0 Å². The molecular weight excluding hydrogens is 348 g/mol. The summed E-state index contributed by atoms with van der Waals surface area (Å²) < 4.78 is 52.3. The molecule has 1 aromatic carbocycles. The molecule has 0 amide bonds. The maximum absolute atomic E-state index is 13.9. The summed E-state index contributed by atoms with van der Waals surface area (Å²) in [5, 5.41) is 0. The first-order valence-corrected chi connectivity index (χ1v) is 8.57. The van der Waals surface area contributed by atoms with Gasteiger partial charge in [-0.1, -0.05) is 6.07 Å². The van der Waals surface area contributed by atoms with Gasteiger partial charge in [0.1, 0.15) is 5.82 Å². The third-order valence-electron chi connectivity index (χ3n) is 4.85. The minimum atomic E-state index is -4.47. The average molecular weight is 368 g/mol. The molecule has 0 bridgehead atoms. The van der Waals surface area contributed by atoms with Crippen LogP contribution >= 0.6 is 0 Å². The van der Waals surface area contributed by atoms with Gasteiger partial charge in [0.05, 0.1) is 5.56 Å². The Balaban J connectivity index is 1.57. The number of likely N-dealkylation sites (tertiary alicyclic amines) is 1. The standard InChI is InChI=1S/C19H20F4N2O/c20-17-3-2-16(19(21,22)23)10-15(17)12-25-7-5-13(6-8-25)9-14-1-4-18(26)24-11-14/h1-4,10-11,13H,5-9,12H2,(H,24,26). The molecule has 3 nitrogen and oxygen atoms in total. The molecular formula is C19H20F4N2O. The number of H-pyrrole nitrogens is 1. The van der Waals surface area contributed by atoms with Gasteiger partial charge in [-0.15, -0.1) is 0 Å². The molecule has 1 N–H and O–H groups in total. The number of aromatic nitrogens is 1. The fourth-order valence-electron chi connectivity index (χ4n) is 3.36. The molecule has 1 aliphatic heterocycles. The van der Waals surface area contributed by atoms with Gasteiger partial charge in [-0.3, -0.25) is 9.69 Å². The van der Waals surface area contributed by atoms with E-state index in [0.717, 1.165) is 43.0 Å². The van der Waals surface area contributed by atoms with Gasteiger partial charge >= 0.3 is 6.18 Å². The van der Waals surface area contributed by atoms with Crippen LogP contribution < -0.4 is 5.56 Å². The maximum Gasteiger partial charge on any atom is 0.416 e. The Morgan fingerprint density at radius 2 is 1.85 bits per heavy atom. The quantitative estimate of drug-likeness (QED) is 0.829. The number of benzene rings is 1.